The molecule has 0 aliphatic rings. The van der Waals surface area contributed by atoms with Crippen LogP contribution in [0.5, 0.6) is 0 Å². The maximum absolute atomic E-state index is 12.7. The van der Waals surface area contributed by atoms with Gasteiger partial charge in [0.1, 0.15) is 6.07 Å². The summed E-state index contributed by atoms with van der Waals surface area (Å²) in [4.78, 5) is 11.4. The summed E-state index contributed by atoms with van der Waals surface area (Å²) in [7, 11) is 0. The van der Waals surface area contributed by atoms with Crippen LogP contribution >= 0.6 is 11.8 Å². The summed E-state index contributed by atoms with van der Waals surface area (Å²) < 4.78 is 42.9. The lowest BCUT2D eigenvalue weighted by atomic mass is 9.99. The number of aryl methyl sites for hydroxylation is 1. The molecule has 0 atom stereocenters. The van der Waals surface area contributed by atoms with Gasteiger partial charge < -0.3 is 4.74 Å². The largest absolute Gasteiger partial charge is 0.466 e. The number of nitriles is 1. The van der Waals surface area contributed by atoms with Gasteiger partial charge in [0.2, 0.25) is 0 Å². The quantitative estimate of drug-likeness (QED) is 0.611. The number of rotatable bonds is 5. The first-order valence-electron chi connectivity index (χ1n) is 6.28. The third-order valence-corrected chi connectivity index (χ3v) is 3.60. The second-order valence-electron chi connectivity index (χ2n) is 4.07. The van der Waals surface area contributed by atoms with E-state index in [2.05, 4.69) is 0 Å². The fourth-order valence-electron chi connectivity index (χ4n) is 1.87. The molecule has 0 unspecified atom stereocenters. The van der Waals surface area contributed by atoms with Crippen LogP contribution in [0.25, 0.3) is 0 Å². The van der Waals surface area contributed by atoms with Crippen LogP contribution in [0.2, 0.25) is 0 Å². The number of carbonyl (C=O) groups excluding carboxylic acids is 1. The molecule has 114 valence electrons. The summed E-state index contributed by atoms with van der Waals surface area (Å²) >= 11 is -0.362. The molecule has 0 radical (unpaired) electrons. The molecule has 0 heterocycles. The number of esters is 1. The summed E-state index contributed by atoms with van der Waals surface area (Å²) in [5.74, 6) is -0.605. The lowest BCUT2D eigenvalue weighted by Gasteiger charge is -2.16. The van der Waals surface area contributed by atoms with Crippen molar-refractivity contribution in [3.63, 3.8) is 0 Å². The monoisotopic (exact) mass is 317 g/mol. The molecule has 0 aromatic heterocycles. The minimum Gasteiger partial charge on any atom is -0.466 e. The Balaban J connectivity index is 3.34. The first kappa shape index (κ1) is 17.4. The van der Waals surface area contributed by atoms with Crippen molar-refractivity contribution in [2.45, 2.75) is 37.1 Å². The number of alkyl halides is 3. The normalized spacial score (nSPS) is 11.0. The van der Waals surface area contributed by atoms with Gasteiger partial charge in [0, 0.05) is 4.90 Å². The van der Waals surface area contributed by atoms with Gasteiger partial charge in [0.25, 0.3) is 0 Å². The van der Waals surface area contributed by atoms with Crippen molar-refractivity contribution in [3.05, 3.63) is 28.8 Å². The van der Waals surface area contributed by atoms with Crippen molar-refractivity contribution >= 4 is 17.7 Å². The van der Waals surface area contributed by atoms with Crippen LogP contribution in [-0.4, -0.2) is 18.1 Å². The molecule has 0 spiro atoms. The van der Waals surface area contributed by atoms with Gasteiger partial charge in [-0.15, -0.1) is 0 Å². The van der Waals surface area contributed by atoms with E-state index < -0.39 is 11.5 Å². The third-order valence-electron chi connectivity index (χ3n) is 2.70. The number of hydrogen-bond acceptors (Lipinski definition) is 4. The number of ether oxygens (including phenoxy) is 1. The van der Waals surface area contributed by atoms with Crippen LogP contribution in [0.1, 0.15) is 30.5 Å². The molecule has 0 amide bonds. The van der Waals surface area contributed by atoms with Crippen LogP contribution in [-0.2, 0) is 22.4 Å². The van der Waals surface area contributed by atoms with E-state index in [1.54, 1.807) is 26.0 Å². The Kier molecular flexibility index (Phi) is 6.09. The van der Waals surface area contributed by atoms with Crippen molar-refractivity contribution < 1.29 is 22.7 Å². The van der Waals surface area contributed by atoms with Gasteiger partial charge in [-0.25, -0.2) is 0 Å². The van der Waals surface area contributed by atoms with Crippen LogP contribution in [0.15, 0.2) is 17.0 Å². The fourth-order valence-corrected chi connectivity index (χ4v) is 2.65. The summed E-state index contributed by atoms with van der Waals surface area (Å²) in [5, 5.41) is 8.99. The average Bonchev–Trinajstić information content (AvgIpc) is 2.39. The molecule has 1 aromatic carbocycles. The number of thioether (sulfide) groups is 1. The summed E-state index contributed by atoms with van der Waals surface area (Å²) in [5.41, 5.74) is -3.79. The van der Waals surface area contributed by atoms with E-state index in [9.17, 15) is 18.0 Å². The lowest BCUT2D eigenvalue weighted by molar-refractivity contribution is -0.142. The van der Waals surface area contributed by atoms with E-state index in [4.69, 9.17) is 10.00 Å². The molecular formula is C14H14F3NO2S. The molecular weight excluding hydrogens is 303 g/mol. The van der Waals surface area contributed by atoms with E-state index in [1.807, 2.05) is 0 Å². The van der Waals surface area contributed by atoms with Crippen molar-refractivity contribution in [2.75, 3.05) is 6.61 Å². The van der Waals surface area contributed by atoms with Gasteiger partial charge in [-0.05, 0) is 42.3 Å². The Hall–Kier alpha value is -1.68. The first-order valence-corrected chi connectivity index (χ1v) is 7.10. The summed E-state index contributed by atoms with van der Waals surface area (Å²) in [6.07, 6.45) is 0.191. The van der Waals surface area contributed by atoms with E-state index in [0.717, 1.165) is 0 Å². The molecule has 0 saturated heterocycles. The second kappa shape index (κ2) is 7.36. The van der Waals surface area contributed by atoms with E-state index in [-0.39, 0.29) is 40.8 Å². The Morgan fingerprint density at radius 3 is 2.52 bits per heavy atom. The standard InChI is InChI=1S/C14H14F3NO2S/c1-3-9-5-6-10(8-18)13(21-14(15,16)17)11(9)7-12(19)20-4-2/h5-6H,3-4,7H2,1-2H3. The van der Waals surface area contributed by atoms with Crippen molar-refractivity contribution in [3.8, 4) is 6.07 Å². The van der Waals surface area contributed by atoms with E-state index >= 15 is 0 Å². The van der Waals surface area contributed by atoms with Gasteiger partial charge in [-0.1, -0.05) is 13.0 Å². The average molecular weight is 317 g/mol. The van der Waals surface area contributed by atoms with Gasteiger partial charge in [0.05, 0.1) is 18.6 Å². The zero-order valence-electron chi connectivity index (χ0n) is 11.6. The predicted octanol–water partition coefficient (Wildman–Crippen LogP) is 3.84. The number of benzene rings is 1. The van der Waals surface area contributed by atoms with Crippen molar-refractivity contribution in [2.24, 2.45) is 0 Å². The highest BCUT2D eigenvalue weighted by atomic mass is 32.2. The molecule has 0 N–H and O–H groups in total. The smallest absolute Gasteiger partial charge is 0.446 e. The van der Waals surface area contributed by atoms with Crippen molar-refractivity contribution in [1.82, 2.24) is 0 Å². The number of carbonyl (C=O) groups is 1. The SMILES string of the molecule is CCOC(=O)Cc1c(CC)ccc(C#N)c1SC(F)(F)F. The van der Waals surface area contributed by atoms with E-state index in [1.165, 1.54) is 6.07 Å². The Morgan fingerprint density at radius 1 is 1.38 bits per heavy atom. The minimum absolute atomic E-state index is 0.0891. The van der Waals surface area contributed by atoms with Gasteiger partial charge in [-0.3, -0.25) is 4.79 Å². The molecule has 7 heteroatoms. The molecule has 0 saturated carbocycles. The molecule has 21 heavy (non-hydrogen) atoms. The summed E-state index contributed by atoms with van der Waals surface area (Å²) in [6, 6.07) is 4.67. The van der Waals surface area contributed by atoms with Gasteiger partial charge >= 0.3 is 11.5 Å². The highest BCUT2D eigenvalue weighted by Crippen LogP contribution is 2.41. The Morgan fingerprint density at radius 2 is 2.05 bits per heavy atom. The van der Waals surface area contributed by atoms with Crippen LogP contribution in [0.3, 0.4) is 0 Å². The topological polar surface area (TPSA) is 50.1 Å². The van der Waals surface area contributed by atoms with Crippen LogP contribution in [0.4, 0.5) is 13.2 Å². The Bertz CT molecular complexity index is 565. The number of nitrogens with zero attached hydrogens (tertiary/aromatic N) is 1. The molecule has 1 rings (SSSR count). The maximum atomic E-state index is 12.7. The van der Waals surface area contributed by atoms with Gasteiger partial charge in [-0.2, -0.15) is 18.4 Å². The van der Waals surface area contributed by atoms with Crippen LogP contribution < -0.4 is 0 Å². The van der Waals surface area contributed by atoms with E-state index in [0.29, 0.717) is 12.0 Å². The maximum Gasteiger partial charge on any atom is 0.446 e. The minimum atomic E-state index is -4.53. The lowest BCUT2D eigenvalue weighted by Crippen LogP contribution is -2.12. The van der Waals surface area contributed by atoms with Crippen LogP contribution in [0, 0.1) is 11.3 Å². The highest BCUT2D eigenvalue weighted by molar-refractivity contribution is 8.00. The third kappa shape index (κ3) is 4.97. The summed E-state index contributed by atoms with van der Waals surface area (Å²) in [6.45, 7) is 3.55. The molecule has 1 aromatic rings. The number of halogens is 3. The molecule has 0 aliphatic heterocycles. The fraction of sp³-hybridized carbons (Fsp3) is 0.429. The number of hydrogen-bond donors (Lipinski definition) is 0. The zero-order valence-corrected chi connectivity index (χ0v) is 12.4. The molecule has 0 fully saturated rings. The first-order chi connectivity index (χ1) is 9.82. The Labute approximate surface area is 125 Å². The molecule has 0 aliphatic carbocycles. The predicted molar refractivity (Wildman–Crippen MR) is 72.8 cm³/mol. The molecule has 3 nitrogen and oxygen atoms in total. The van der Waals surface area contributed by atoms with Gasteiger partial charge in [0.15, 0.2) is 0 Å². The second-order valence-corrected chi connectivity index (χ2v) is 5.15. The van der Waals surface area contributed by atoms with Crippen molar-refractivity contribution in [1.29, 1.82) is 5.26 Å². The highest BCUT2D eigenvalue weighted by Gasteiger charge is 2.33. The zero-order chi connectivity index (χ0) is 16.0. The molecule has 0 bridgehead atoms.